The molecule has 0 N–H and O–H groups in total. The van der Waals surface area contributed by atoms with Crippen LogP contribution in [-0.2, 0) is 0 Å². The van der Waals surface area contributed by atoms with Gasteiger partial charge in [0.1, 0.15) is 0 Å². The molecule has 0 radical (unpaired) electrons. The van der Waals surface area contributed by atoms with Crippen molar-refractivity contribution in [2.75, 3.05) is 0 Å². The lowest BCUT2D eigenvalue weighted by molar-refractivity contribution is 0.586. The Hall–Kier alpha value is -0.520. The summed E-state index contributed by atoms with van der Waals surface area (Å²) < 4.78 is 0. The molecule has 2 rings (SSSR count). The van der Waals surface area contributed by atoms with Crippen LogP contribution in [0.25, 0.3) is 0 Å². The highest BCUT2D eigenvalue weighted by molar-refractivity contribution is 5.30. The van der Waals surface area contributed by atoms with E-state index in [1.165, 1.54) is 12.8 Å². The minimum atomic E-state index is 0.833. The maximum atomic E-state index is 2.34. The minimum Gasteiger partial charge on any atom is -0.0773 e. The van der Waals surface area contributed by atoms with E-state index in [-0.39, 0.29) is 0 Å². The van der Waals surface area contributed by atoms with Crippen molar-refractivity contribution in [3.05, 3.63) is 23.8 Å². The molecular formula is C9H12. The van der Waals surface area contributed by atoms with Gasteiger partial charge >= 0.3 is 0 Å². The molecule has 2 aliphatic rings. The maximum absolute atomic E-state index is 2.34. The number of rotatable bonds is 0. The number of hydrogen-bond acceptors (Lipinski definition) is 0. The Morgan fingerprint density at radius 1 is 1.56 bits per heavy atom. The van der Waals surface area contributed by atoms with Crippen LogP contribution < -0.4 is 0 Å². The fourth-order valence-corrected chi connectivity index (χ4v) is 1.93. The van der Waals surface area contributed by atoms with Crippen LogP contribution in [0.3, 0.4) is 0 Å². The molecule has 48 valence electrons. The van der Waals surface area contributed by atoms with Gasteiger partial charge in [0.15, 0.2) is 0 Å². The highest BCUT2D eigenvalue weighted by atomic mass is 14.3. The molecule has 0 aromatic rings. The molecule has 2 atom stereocenters. The van der Waals surface area contributed by atoms with Crippen LogP contribution in [-0.4, -0.2) is 0 Å². The molecule has 0 aliphatic heterocycles. The molecule has 0 heterocycles. The van der Waals surface area contributed by atoms with E-state index >= 15 is 0 Å². The zero-order valence-electron chi connectivity index (χ0n) is 5.80. The van der Waals surface area contributed by atoms with Gasteiger partial charge < -0.3 is 0 Å². The smallest absolute Gasteiger partial charge is 0.00143 e. The van der Waals surface area contributed by atoms with Crippen LogP contribution >= 0.6 is 0 Å². The normalized spacial score (nSPS) is 39.0. The predicted octanol–water partition coefficient (Wildman–Crippen LogP) is 2.53. The van der Waals surface area contributed by atoms with Crippen molar-refractivity contribution in [2.24, 2.45) is 11.8 Å². The van der Waals surface area contributed by atoms with Crippen molar-refractivity contribution in [3.8, 4) is 0 Å². The molecule has 9 heavy (non-hydrogen) atoms. The summed E-state index contributed by atoms with van der Waals surface area (Å²) in [7, 11) is 0. The lowest BCUT2D eigenvalue weighted by atomic mass is 10.1. The third-order valence-corrected chi connectivity index (χ3v) is 2.37. The number of hydrogen-bond donors (Lipinski definition) is 0. The molecule has 0 aromatic carbocycles. The standard InChI is InChI=1S/C9H12/c1-7-5-8-3-2-4-9(8)6-7/h2-4,7-8H,5-6H2,1H3. The van der Waals surface area contributed by atoms with E-state index in [0.29, 0.717) is 0 Å². The first kappa shape index (κ1) is 5.28. The van der Waals surface area contributed by atoms with Gasteiger partial charge in [-0.15, -0.1) is 0 Å². The molecule has 0 amide bonds. The highest BCUT2D eigenvalue weighted by Gasteiger charge is 2.25. The Morgan fingerprint density at radius 3 is 3.22 bits per heavy atom. The molecule has 0 spiro atoms. The third-order valence-electron chi connectivity index (χ3n) is 2.37. The predicted molar refractivity (Wildman–Crippen MR) is 39.1 cm³/mol. The van der Waals surface area contributed by atoms with Crippen LogP contribution in [0.2, 0.25) is 0 Å². The molecule has 1 saturated carbocycles. The fraction of sp³-hybridized carbons (Fsp3) is 0.556. The van der Waals surface area contributed by atoms with Crippen LogP contribution in [0, 0.1) is 11.8 Å². The average molecular weight is 120 g/mol. The monoisotopic (exact) mass is 120 g/mol. The van der Waals surface area contributed by atoms with Gasteiger partial charge in [0.25, 0.3) is 0 Å². The Kier molecular flexibility index (Phi) is 1.01. The van der Waals surface area contributed by atoms with Gasteiger partial charge in [-0.2, -0.15) is 0 Å². The summed E-state index contributed by atoms with van der Waals surface area (Å²) in [5.74, 6) is 1.77. The molecule has 0 aromatic heterocycles. The van der Waals surface area contributed by atoms with Crippen LogP contribution in [0.15, 0.2) is 23.8 Å². The Balaban J connectivity index is 2.21. The largest absolute Gasteiger partial charge is 0.0773 e. The molecule has 2 aliphatic carbocycles. The Labute approximate surface area is 56.3 Å². The zero-order chi connectivity index (χ0) is 6.27. The van der Waals surface area contributed by atoms with E-state index in [9.17, 15) is 0 Å². The average Bonchev–Trinajstić information content (AvgIpc) is 2.22. The molecule has 0 nitrogen and oxygen atoms in total. The van der Waals surface area contributed by atoms with Crippen molar-refractivity contribution in [2.45, 2.75) is 19.8 Å². The van der Waals surface area contributed by atoms with E-state index < -0.39 is 0 Å². The maximum Gasteiger partial charge on any atom is -0.00143 e. The highest BCUT2D eigenvalue weighted by Crippen LogP contribution is 2.38. The van der Waals surface area contributed by atoms with Gasteiger partial charge in [0, 0.05) is 0 Å². The van der Waals surface area contributed by atoms with Crippen LogP contribution in [0.1, 0.15) is 19.8 Å². The summed E-state index contributed by atoms with van der Waals surface area (Å²) >= 11 is 0. The second-order valence-electron chi connectivity index (χ2n) is 3.28. The SMILES string of the molecule is CC1CC2=CC=CC2C1. The second kappa shape index (κ2) is 1.73. The van der Waals surface area contributed by atoms with E-state index in [0.717, 1.165) is 11.8 Å². The van der Waals surface area contributed by atoms with E-state index in [1.807, 2.05) is 0 Å². The summed E-state index contributed by atoms with van der Waals surface area (Å²) in [6.45, 7) is 2.34. The van der Waals surface area contributed by atoms with E-state index in [2.05, 4.69) is 25.2 Å². The van der Waals surface area contributed by atoms with Crippen molar-refractivity contribution < 1.29 is 0 Å². The fourth-order valence-electron chi connectivity index (χ4n) is 1.93. The Bertz CT molecular complexity index is 174. The lowest BCUT2D eigenvalue weighted by Crippen LogP contribution is -1.86. The van der Waals surface area contributed by atoms with E-state index in [4.69, 9.17) is 0 Å². The zero-order valence-corrected chi connectivity index (χ0v) is 5.80. The first-order valence-corrected chi connectivity index (χ1v) is 3.73. The Morgan fingerprint density at radius 2 is 2.44 bits per heavy atom. The number of allylic oxidation sites excluding steroid dienone is 4. The second-order valence-corrected chi connectivity index (χ2v) is 3.28. The third kappa shape index (κ3) is 0.735. The lowest BCUT2D eigenvalue weighted by Gasteiger charge is -1.97. The van der Waals surface area contributed by atoms with Crippen molar-refractivity contribution in [1.82, 2.24) is 0 Å². The summed E-state index contributed by atoms with van der Waals surface area (Å²) in [6, 6.07) is 0. The first-order chi connectivity index (χ1) is 4.36. The first-order valence-electron chi connectivity index (χ1n) is 3.73. The quantitative estimate of drug-likeness (QED) is 0.461. The summed E-state index contributed by atoms with van der Waals surface area (Å²) in [6.07, 6.45) is 9.55. The van der Waals surface area contributed by atoms with Gasteiger partial charge in [-0.25, -0.2) is 0 Å². The molecular weight excluding hydrogens is 108 g/mol. The van der Waals surface area contributed by atoms with Gasteiger partial charge in [-0.3, -0.25) is 0 Å². The topological polar surface area (TPSA) is 0 Å². The van der Waals surface area contributed by atoms with Crippen molar-refractivity contribution >= 4 is 0 Å². The molecule has 1 fully saturated rings. The summed E-state index contributed by atoms with van der Waals surface area (Å²) in [4.78, 5) is 0. The van der Waals surface area contributed by atoms with Gasteiger partial charge in [-0.1, -0.05) is 30.7 Å². The number of fused-ring (bicyclic) bond motifs is 1. The van der Waals surface area contributed by atoms with Gasteiger partial charge in [0.2, 0.25) is 0 Å². The minimum absolute atomic E-state index is 0.833. The van der Waals surface area contributed by atoms with Crippen molar-refractivity contribution in [1.29, 1.82) is 0 Å². The van der Waals surface area contributed by atoms with Crippen LogP contribution in [0.4, 0.5) is 0 Å². The molecule has 2 unspecified atom stereocenters. The van der Waals surface area contributed by atoms with E-state index in [1.54, 1.807) is 5.57 Å². The summed E-state index contributed by atoms with van der Waals surface area (Å²) in [5, 5.41) is 0. The van der Waals surface area contributed by atoms with Gasteiger partial charge in [0.05, 0.1) is 0 Å². The van der Waals surface area contributed by atoms with Crippen molar-refractivity contribution in [3.63, 3.8) is 0 Å². The molecule has 0 heteroatoms. The van der Waals surface area contributed by atoms with Crippen LogP contribution in [0.5, 0.6) is 0 Å². The summed E-state index contributed by atoms with van der Waals surface area (Å²) in [5.41, 5.74) is 1.67. The van der Waals surface area contributed by atoms with Gasteiger partial charge in [-0.05, 0) is 24.7 Å². The molecule has 0 bridgehead atoms. The molecule has 0 saturated heterocycles.